The van der Waals surface area contributed by atoms with E-state index in [4.69, 9.17) is 15.6 Å². The Labute approximate surface area is 185 Å². The van der Waals surface area contributed by atoms with Gasteiger partial charge in [0, 0.05) is 17.4 Å². The standard InChI is InChI=1S/C20H26N2O9S/c1-5-32(29,30)22(18(28)31-19(2,3)4)12-13-6-8-14(9-7-13)16(25)20(21,17(26)27)11-10-15(23)24/h5-9H,1,10-12,21H2,2-4H3,(H,23,24)(H,26,27). The fraction of sp³-hybridized carbons (Fsp3) is 0.400. The largest absolute Gasteiger partial charge is 0.481 e. The van der Waals surface area contributed by atoms with Crippen molar-refractivity contribution in [2.75, 3.05) is 0 Å². The molecule has 1 unspecified atom stereocenters. The number of aliphatic carboxylic acids is 2. The van der Waals surface area contributed by atoms with Crippen molar-refractivity contribution in [2.24, 2.45) is 5.73 Å². The maximum Gasteiger partial charge on any atom is 0.424 e. The molecule has 0 bridgehead atoms. The number of carboxylic acids is 2. The molecule has 0 aliphatic rings. The van der Waals surface area contributed by atoms with Crippen LogP contribution < -0.4 is 5.73 Å². The summed E-state index contributed by atoms with van der Waals surface area (Å²) in [5.74, 6) is -4.00. The molecule has 0 fully saturated rings. The first kappa shape index (κ1) is 26.8. The van der Waals surface area contributed by atoms with Crippen LogP contribution in [0.15, 0.2) is 36.3 Å². The molecule has 12 heteroatoms. The summed E-state index contributed by atoms with van der Waals surface area (Å²) in [6, 6.07) is 5.03. The molecule has 176 valence electrons. The number of ether oxygens (including phenoxy) is 1. The van der Waals surface area contributed by atoms with Gasteiger partial charge in [0.05, 0.1) is 6.54 Å². The molecule has 32 heavy (non-hydrogen) atoms. The summed E-state index contributed by atoms with van der Waals surface area (Å²) < 4.78 is 30.1. The number of nitrogens with zero attached hydrogens (tertiary/aromatic N) is 1. The zero-order valence-electron chi connectivity index (χ0n) is 17.9. The molecule has 0 aliphatic heterocycles. The number of carbonyl (C=O) groups is 4. The van der Waals surface area contributed by atoms with E-state index in [0.29, 0.717) is 9.71 Å². The van der Waals surface area contributed by atoms with Crippen LogP contribution in [0.2, 0.25) is 0 Å². The molecule has 0 saturated heterocycles. The van der Waals surface area contributed by atoms with E-state index in [1.165, 1.54) is 24.3 Å². The average Bonchev–Trinajstić information content (AvgIpc) is 2.68. The van der Waals surface area contributed by atoms with E-state index < -0.39 is 64.4 Å². The van der Waals surface area contributed by atoms with E-state index in [-0.39, 0.29) is 11.1 Å². The number of nitrogens with two attached hydrogens (primary N) is 1. The average molecular weight is 471 g/mol. The predicted molar refractivity (Wildman–Crippen MR) is 113 cm³/mol. The van der Waals surface area contributed by atoms with Crippen LogP contribution in [-0.2, 0) is 30.9 Å². The molecule has 1 aromatic rings. The minimum absolute atomic E-state index is 0.126. The van der Waals surface area contributed by atoms with Crippen LogP contribution in [0, 0.1) is 0 Å². The lowest BCUT2D eigenvalue weighted by molar-refractivity contribution is -0.142. The summed E-state index contributed by atoms with van der Waals surface area (Å²) in [6.07, 6.45) is -2.38. The second kappa shape index (κ2) is 9.92. The van der Waals surface area contributed by atoms with Crippen molar-refractivity contribution < 1.29 is 42.5 Å². The Morgan fingerprint density at radius 2 is 1.66 bits per heavy atom. The van der Waals surface area contributed by atoms with Crippen molar-refractivity contribution >= 4 is 33.8 Å². The van der Waals surface area contributed by atoms with Gasteiger partial charge < -0.3 is 20.7 Å². The van der Waals surface area contributed by atoms with Crippen LogP contribution in [0.25, 0.3) is 0 Å². The fourth-order valence-electron chi connectivity index (χ4n) is 2.47. The van der Waals surface area contributed by atoms with E-state index in [1.54, 1.807) is 20.8 Å². The van der Waals surface area contributed by atoms with Gasteiger partial charge >= 0.3 is 18.0 Å². The van der Waals surface area contributed by atoms with E-state index in [2.05, 4.69) is 6.58 Å². The maximum absolute atomic E-state index is 12.6. The first-order valence-electron chi connectivity index (χ1n) is 9.29. The molecule has 0 aliphatic carbocycles. The Kier molecular flexibility index (Phi) is 8.30. The van der Waals surface area contributed by atoms with E-state index >= 15 is 0 Å². The van der Waals surface area contributed by atoms with Gasteiger partial charge in [0.25, 0.3) is 10.0 Å². The number of sulfonamides is 1. The first-order valence-corrected chi connectivity index (χ1v) is 10.8. The number of carbonyl (C=O) groups excluding carboxylic acids is 2. The van der Waals surface area contributed by atoms with Crippen molar-refractivity contribution in [3.8, 4) is 0 Å². The molecule has 1 rings (SSSR count). The summed E-state index contributed by atoms with van der Waals surface area (Å²) in [4.78, 5) is 47.3. The quantitative estimate of drug-likeness (QED) is 0.336. The second-order valence-electron chi connectivity index (χ2n) is 7.89. The predicted octanol–water partition coefficient (Wildman–Crippen LogP) is 1.73. The lowest BCUT2D eigenvalue weighted by Gasteiger charge is -2.26. The topological polar surface area (TPSA) is 181 Å². The maximum atomic E-state index is 12.6. The minimum atomic E-state index is -4.20. The number of rotatable bonds is 10. The third-order valence-electron chi connectivity index (χ3n) is 4.18. The monoisotopic (exact) mass is 470 g/mol. The number of ketones is 1. The number of carboxylic acid groups (broad SMARTS) is 2. The molecule has 4 N–H and O–H groups in total. The molecule has 11 nitrogen and oxygen atoms in total. The van der Waals surface area contributed by atoms with Gasteiger partial charge in [-0.05, 0) is 32.8 Å². The molecule has 0 heterocycles. The van der Waals surface area contributed by atoms with Gasteiger partial charge in [-0.1, -0.05) is 30.8 Å². The van der Waals surface area contributed by atoms with Crippen LogP contribution in [0.1, 0.15) is 49.5 Å². The molecule has 0 radical (unpaired) electrons. The summed E-state index contributed by atoms with van der Waals surface area (Å²) in [6.45, 7) is 7.45. The Morgan fingerprint density at radius 1 is 1.12 bits per heavy atom. The Hall–Kier alpha value is -3.25. The van der Waals surface area contributed by atoms with Crippen molar-refractivity contribution in [2.45, 2.75) is 51.3 Å². The SMILES string of the molecule is C=CS(=O)(=O)N(Cc1ccc(C(=O)C(N)(CCC(=O)O)C(=O)O)cc1)C(=O)OC(C)(C)C. The number of hydrogen-bond acceptors (Lipinski definition) is 8. The molecule has 0 aromatic heterocycles. The summed E-state index contributed by atoms with van der Waals surface area (Å²) in [7, 11) is -4.20. The lowest BCUT2D eigenvalue weighted by Crippen LogP contribution is -2.55. The fourth-order valence-corrected chi connectivity index (χ4v) is 3.22. The van der Waals surface area contributed by atoms with E-state index in [0.717, 1.165) is 0 Å². The molecule has 0 spiro atoms. The molecular formula is C20H26N2O9S. The molecule has 0 saturated carbocycles. The summed E-state index contributed by atoms with van der Waals surface area (Å²) in [5.41, 5.74) is 2.43. The Morgan fingerprint density at radius 3 is 2.06 bits per heavy atom. The van der Waals surface area contributed by atoms with Crippen LogP contribution in [0.5, 0.6) is 0 Å². The van der Waals surface area contributed by atoms with Crippen LogP contribution in [0.3, 0.4) is 0 Å². The van der Waals surface area contributed by atoms with Crippen LogP contribution in [0.4, 0.5) is 4.79 Å². The number of amides is 1. The third-order valence-corrected chi connectivity index (χ3v) is 5.49. The highest BCUT2D eigenvalue weighted by atomic mass is 32.2. The number of Topliss-reactive ketones (excluding diaryl/α,β-unsaturated/α-hetero) is 1. The minimum Gasteiger partial charge on any atom is -0.481 e. The van der Waals surface area contributed by atoms with Gasteiger partial charge in [0.1, 0.15) is 5.60 Å². The smallest absolute Gasteiger partial charge is 0.424 e. The van der Waals surface area contributed by atoms with Gasteiger partial charge in [-0.3, -0.25) is 9.59 Å². The molecule has 1 aromatic carbocycles. The summed E-state index contributed by atoms with van der Waals surface area (Å²) >= 11 is 0. The van der Waals surface area contributed by atoms with Gasteiger partial charge in [0.2, 0.25) is 0 Å². The molecular weight excluding hydrogens is 444 g/mol. The first-order chi connectivity index (χ1) is 14.5. The van der Waals surface area contributed by atoms with Crippen LogP contribution >= 0.6 is 0 Å². The molecule has 1 amide bonds. The number of hydrogen-bond donors (Lipinski definition) is 3. The van der Waals surface area contributed by atoms with Gasteiger partial charge in [-0.15, -0.1) is 0 Å². The van der Waals surface area contributed by atoms with E-state index in [1.807, 2.05) is 0 Å². The zero-order chi connectivity index (χ0) is 24.9. The Bertz CT molecular complexity index is 1010. The third kappa shape index (κ3) is 6.89. The van der Waals surface area contributed by atoms with Crippen molar-refractivity contribution in [1.29, 1.82) is 0 Å². The Balaban J connectivity index is 3.19. The van der Waals surface area contributed by atoms with Crippen molar-refractivity contribution in [3.05, 3.63) is 47.4 Å². The lowest BCUT2D eigenvalue weighted by atomic mass is 9.85. The highest BCUT2D eigenvalue weighted by molar-refractivity contribution is 7.92. The second-order valence-corrected chi connectivity index (χ2v) is 9.70. The van der Waals surface area contributed by atoms with Gasteiger partial charge in [0.15, 0.2) is 11.3 Å². The zero-order valence-corrected chi connectivity index (χ0v) is 18.7. The van der Waals surface area contributed by atoms with Gasteiger partial charge in [-0.2, -0.15) is 4.31 Å². The van der Waals surface area contributed by atoms with Crippen LogP contribution in [-0.4, -0.2) is 57.9 Å². The molecule has 1 atom stereocenters. The highest BCUT2D eigenvalue weighted by Gasteiger charge is 2.42. The summed E-state index contributed by atoms with van der Waals surface area (Å²) in [5, 5.41) is 18.7. The van der Waals surface area contributed by atoms with Crippen molar-refractivity contribution in [1.82, 2.24) is 4.31 Å². The van der Waals surface area contributed by atoms with E-state index in [9.17, 15) is 32.7 Å². The highest BCUT2D eigenvalue weighted by Crippen LogP contribution is 2.21. The van der Waals surface area contributed by atoms with Gasteiger partial charge in [-0.25, -0.2) is 18.0 Å². The van der Waals surface area contributed by atoms with Crippen molar-refractivity contribution in [3.63, 3.8) is 0 Å². The normalized spacial score (nSPS) is 13.5. The number of benzene rings is 1.